The molecular formula is C15H14ClN3O2. The van der Waals surface area contributed by atoms with Crippen LogP contribution in [0.25, 0.3) is 0 Å². The molecule has 0 saturated carbocycles. The maximum Gasteiger partial charge on any atom is 0.255 e. The third-order valence-electron chi connectivity index (χ3n) is 3.65. The van der Waals surface area contributed by atoms with Crippen LogP contribution in [-0.2, 0) is 13.0 Å². The number of aromatic amines is 1. The molecule has 5 nitrogen and oxygen atoms in total. The fraction of sp³-hybridized carbons (Fsp3) is 0.267. The summed E-state index contributed by atoms with van der Waals surface area (Å²) in [6.45, 7) is 2.75. The Labute approximate surface area is 126 Å². The maximum atomic E-state index is 12.6. The number of halogens is 1. The van der Waals surface area contributed by atoms with E-state index in [1.165, 1.54) is 6.33 Å². The van der Waals surface area contributed by atoms with Crippen LogP contribution in [0.3, 0.4) is 0 Å². The van der Waals surface area contributed by atoms with Gasteiger partial charge in [0.1, 0.15) is 0 Å². The first-order valence-corrected chi connectivity index (χ1v) is 7.05. The average molecular weight is 304 g/mol. The van der Waals surface area contributed by atoms with E-state index >= 15 is 0 Å². The molecule has 1 aromatic carbocycles. The number of fused-ring (bicyclic) bond motifs is 1. The van der Waals surface area contributed by atoms with Gasteiger partial charge in [0, 0.05) is 12.1 Å². The first-order valence-electron chi connectivity index (χ1n) is 6.67. The highest BCUT2D eigenvalue weighted by Crippen LogP contribution is 2.22. The Balaban J connectivity index is 1.89. The van der Waals surface area contributed by atoms with Crippen molar-refractivity contribution in [2.45, 2.75) is 19.9 Å². The van der Waals surface area contributed by atoms with Gasteiger partial charge in [-0.2, -0.15) is 0 Å². The minimum atomic E-state index is -0.132. The molecule has 0 spiro atoms. The Hall–Kier alpha value is -2.14. The van der Waals surface area contributed by atoms with Crippen molar-refractivity contribution in [3.8, 4) is 0 Å². The quantitative estimate of drug-likeness (QED) is 0.875. The van der Waals surface area contributed by atoms with E-state index in [1.54, 1.807) is 17.0 Å². The van der Waals surface area contributed by atoms with Gasteiger partial charge in [0.15, 0.2) is 0 Å². The molecule has 108 valence electrons. The predicted octanol–water partition coefficient (Wildman–Crippen LogP) is 1.93. The lowest BCUT2D eigenvalue weighted by Crippen LogP contribution is -2.39. The van der Waals surface area contributed by atoms with E-state index in [9.17, 15) is 9.59 Å². The second kappa shape index (κ2) is 5.33. The number of hydrogen-bond acceptors (Lipinski definition) is 3. The van der Waals surface area contributed by atoms with Crippen LogP contribution in [0.1, 0.15) is 27.2 Å². The Kier molecular flexibility index (Phi) is 3.51. The Morgan fingerprint density at radius 2 is 2.24 bits per heavy atom. The summed E-state index contributed by atoms with van der Waals surface area (Å²) in [6, 6.07) is 5.37. The Morgan fingerprint density at radius 3 is 3.00 bits per heavy atom. The molecule has 0 fully saturated rings. The van der Waals surface area contributed by atoms with Gasteiger partial charge in [-0.1, -0.05) is 17.7 Å². The van der Waals surface area contributed by atoms with Crippen molar-refractivity contribution in [2.75, 3.05) is 6.54 Å². The molecular weight excluding hydrogens is 290 g/mol. The fourth-order valence-electron chi connectivity index (χ4n) is 2.50. The van der Waals surface area contributed by atoms with E-state index in [4.69, 9.17) is 11.6 Å². The largest absolute Gasteiger partial charge is 0.332 e. The molecule has 6 heteroatoms. The number of nitrogens with one attached hydrogen (secondary N) is 1. The number of H-pyrrole nitrogens is 1. The van der Waals surface area contributed by atoms with Crippen molar-refractivity contribution >= 4 is 17.5 Å². The molecule has 0 aliphatic carbocycles. The molecule has 2 heterocycles. The van der Waals surface area contributed by atoms with E-state index in [-0.39, 0.29) is 11.5 Å². The monoisotopic (exact) mass is 303 g/mol. The molecule has 0 atom stereocenters. The summed E-state index contributed by atoms with van der Waals surface area (Å²) in [7, 11) is 0. The smallest absolute Gasteiger partial charge is 0.255 e. The summed E-state index contributed by atoms with van der Waals surface area (Å²) in [5.41, 5.74) is 2.68. The standard InChI is InChI=1S/C15H14ClN3O2/c1-9-2-3-10(12(16)6-9)15(21)19-5-4-11-13(7-19)17-8-18-14(11)20/h2-3,6,8H,4-5,7H2,1H3,(H,17,18,20). The lowest BCUT2D eigenvalue weighted by molar-refractivity contribution is 0.0731. The Morgan fingerprint density at radius 1 is 1.43 bits per heavy atom. The van der Waals surface area contributed by atoms with Crippen molar-refractivity contribution in [1.29, 1.82) is 0 Å². The van der Waals surface area contributed by atoms with Gasteiger partial charge in [-0.25, -0.2) is 4.98 Å². The molecule has 1 aromatic heterocycles. The Bertz CT molecular complexity index is 770. The lowest BCUT2D eigenvalue weighted by atomic mass is 10.0. The van der Waals surface area contributed by atoms with Crippen LogP contribution in [-0.4, -0.2) is 27.3 Å². The van der Waals surface area contributed by atoms with Crippen LogP contribution >= 0.6 is 11.6 Å². The first kappa shape index (κ1) is 13.8. The average Bonchev–Trinajstić information content (AvgIpc) is 2.46. The summed E-state index contributed by atoms with van der Waals surface area (Å²) in [4.78, 5) is 32.6. The van der Waals surface area contributed by atoms with Crippen LogP contribution in [0.15, 0.2) is 29.3 Å². The number of amides is 1. The number of aromatic nitrogens is 2. The van der Waals surface area contributed by atoms with Crippen molar-refractivity contribution in [3.05, 3.63) is 62.3 Å². The van der Waals surface area contributed by atoms with Crippen molar-refractivity contribution in [3.63, 3.8) is 0 Å². The molecule has 1 N–H and O–H groups in total. The topological polar surface area (TPSA) is 66.1 Å². The predicted molar refractivity (Wildman–Crippen MR) is 79.5 cm³/mol. The number of aryl methyl sites for hydroxylation is 1. The van der Waals surface area contributed by atoms with E-state index in [0.29, 0.717) is 41.4 Å². The van der Waals surface area contributed by atoms with Crippen LogP contribution in [0.4, 0.5) is 0 Å². The van der Waals surface area contributed by atoms with Crippen LogP contribution in [0, 0.1) is 6.92 Å². The summed E-state index contributed by atoms with van der Waals surface area (Å²) in [5.74, 6) is -0.132. The van der Waals surface area contributed by atoms with Gasteiger partial charge >= 0.3 is 0 Å². The zero-order chi connectivity index (χ0) is 15.0. The number of nitrogens with zero attached hydrogens (tertiary/aromatic N) is 2. The molecule has 0 bridgehead atoms. The number of rotatable bonds is 1. The van der Waals surface area contributed by atoms with Gasteiger partial charge in [0.25, 0.3) is 11.5 Å². The summed E-state index contributed by atoms with van der Waals surface area (Å²) < 4.78 is 0. The molecule has 1 aliphatic rings. The highest BCUT2D eigenvalue weighted by Gasteiger charge is 2.25. The van der Waals surface area contributed by atoms with E-state index in [2.05, 4.69) is 9.97 Å². The lowest BCUT2D eigenvalue weighted by Gasteiger charge is -2.27. The second-order valence-corrected chi connectivity index (χ2v) is 5.52. The zero-order valence-electron chi connectivity index (χ0n) is 11.5. The summed E-state index contributed by atoms with van der Waals surface area (Å²) in [5, 5.41) is 0.449. The molecule has 1 amide bonds. The van der Waals surface area contributed by atoms with Gasteiger partial charge in [0.2, 0.25) is 0 Å². The van der Waals surface area contributed by atoms with E-state index in [1.807, 2.05) is 13.0 Å². The first-order chi connectivity index (χ1) is 10.1. The van der Waals surface area contributed by atoms with Gasteiger partial charge in [-0.05, 0) is 31.0 Å². The zero-order valence-corrected chi connectivity index (χ0v) is 12.3. The van der Waals surface area contributed by atoms with Crippen molar-refractivity contribution < 1.29 is 4.79 Å². The molecule has 0 unspecified atom stereocenters. The normalized spacial score (nSPS) is 13.9. The van der Waals surface area contributed by atoms with Gasteiger partial charge < -0.3 is 9.88 Å². The third-order valence-corrected chi connectivity index (χ3v) is 3.97. The third kappa shape index (κ3) is 2.56. The van der Waals surface area contributed by atoms with E-state index in [0.717, 1.165) is 5.56 Å². The van der Waals surface area contributed by atoms with Crippen molar-refractivity contribution in [2.24, 2.45) is 0 Å². The minimum absolute atomic E-state index is 0.125. The fourth-order valence-corrected chi connectivity index (χ4v) is 2.82. The molecule has 1 aliphatic heterocycles. The second-order valence-electron chi connectivity index (χ2n) is 5.12. The van der Waals surface area contributed by atoms with Gasteiger partial charge in [-0.15, -0.1) is 0 Å². The number of carbonyl (C=O) groups excluding carboxylic acids is 1. The highest BCUT2D eigenvalue weighted by atomic mass is 35.5. The van der Waals surface area contributed by atoms with Crippen molar-refractivity contribution in [1.82, 2.24) is 14.9 Å². The number of carbonyl (C=O) groups is 1. The van der Waals surface area contributed by atoms with Gasteiger partial charge in [0.05, 0.1) is 29.2 Å². The van der Waals surface area contributed by atoms with Crippen LogP contribution in [0.2, 0.25) is 5.02 Å². The SMILES string of the molecule is Cc1ccc(C(=O)N2CCc3c(nc[nH]c3=O)C2)c(Cl)c1. The summed E-state index contributed by atoms with van der Waals surface area (Å²) in [6.07, 6.45) is 1.88. The molecule has 2 aromatic rings. The summed E-state index contributed by atoms with van der Waals surface area (Å²) >= 11 is 6.15. The minimum Gasteiger partial charge on any atom is -0.332 e. The highest BCUT2D eigenvalue weighted by molar-refractivity contribution is 6.33. The molecule has 0 saturated heterocycles. The van der Waals surface area contributed by atoms with Crippen LogP contribution < -0.4 is 5.56 Å². The number of benzene rings is 1. The van der Waals surface area contributed by atoms with Crippen LogP contribution in [0.5, 0.6) is 0 Å². The molecule has 3 rings (SSSR count). The molecule has 0 radical (unpaired) electrons. The number of hydrogen-bond donors (Lipinski definition) is 1. The molecule has 21 heavy (non-hydrogen) atoms. The van der Waals surface area contributed by atoms with E-state index < -0.39 is 0 Å². The van der Waals surface area contributed by atoms with Gasteiger partial charge in [-0.3, -0.25) is 9.59 Å². The maximum absolute atomic E-state index is 12.6.